The van der Waals surface area contributed by atoms with E-state index in [2.05, 4.69) is 50.3 Å². The molecule has 0 saturated heterocycles. The summed E-state index contributed by atoms with van der Waals surface area (Å²) in [5.74, 6) is 0. The topological polar surface area (TPSA) is 4.93 Å². The maximum Gasteiger partial charge on any atom is 0.166 e. The monoisotopic (exact) mass is 405 g/mol. The van der Waals surface area contributed by atoms with Crippen molar-refractivity contribution < 1.29 is 0 Å². The van der Waals surface area contributed by atoms with Gasteiger partial charge in [0, 0.05) is 19.5 Å². The molecular weight excluding hydrogens is 394 g/mol. The Hall–Kier alpha value is 0.0300. The summed E-state index contributed by atoms with van der Waals surface area (Å²) in [4.78, 5) is 1.38. The number of hydrogen-bond acceptors (Lipinski definition) is 2. The van der Waals surface area contributed by atoms with Gasteiger partial charge in [-0.05, 0) is 69.1 Å². The minimum absolute atomic E-state index is 0.913. The first kappa shape index (κ1) is 14.4. The predicted molar refractivity (Wildman–Crippen MR) is 88.6 cm³/mol. The fourth-order valence-electron chi connectivity index (χ4n) is 2.01. The van der Waals surface area contributed by atoms with Crippen molar-refractivity contribution in [3.8, 4) is 5.69 Å². The van der Waals surface area contributed by atoms with Gasteiger partial charge in [-0.25, -0.2) is 0 Å². The van der Waals surface area contributed by atoms with Crippen molar-refractivity contribution in [2.45, 2.75) is 26.7 Å². The van der Waals surface area contributed by atoms with Crippen molar-refractivity contribution in [2.24, 2.45) is 0 Å². The van der Waals surface area contributed by atoms with Gasteiger partial charge in [0.25, 0.3) is 0 Å². The van der Waals surface area contributed by atoms with Gasteiger partial charge in [-0.3, -0.25) is 4.57 Å². The van der Waals surface area contributed by atoms with Crippen LogP contribution in [0.4, 0.5) is 0 Å². The molecule has 2 aromatic rings. The van der Waals surface area contributed by atoms with Crippen LogP contribution in [0.2, 0.25) is 0 Å². The third-order valence-electron chi connectivity index (χ3n) is 2.80. The maximum absolute atomic E-state index is 5.53. The molecule has 1 nitrogen and oxygen atoms in total. The standard InChI is InChI=1S/C13H13Br2NS2/c1-3-10-11(4-2)18-13(17)16(10)12-8(14)6-5-7-9(12)15/h5-7H,3-4H2,1-2H3. The van der Waals surface area contributed by atoms with E-state index in [1.807, 2.05) is 18.2 Å². The van der Waals surface area contributed by atoms with Crippen LogP contribution < -0.4 is 0 Å². The second-order valence-corrected chi connectivity index (χ2v) is 7.29. The summed E-state index contributed by atoms with van der Waals surface area (Å²) in [7, 11) is 0. The second-order valence-electron chi connectivity index (χ2n) is 3.85. The maximum atomic E-state index is 5.53. The van der Waals surface area contributed by atoms with Crippen molar-refractivity contribution in [3.05, 3.63) is 41.7 Å². The molecule has 0 saturated carbocycles. The lowest BCUT2D eigenvalue weighted by molar-refractivity contribution is 0.896. The van der Waals surface area contributed by atoms with E-state index < -0.39 is 0 Å². The molecular formula is C13H13Br2NS2. The number of para-hydroxylation sites is 1. The van der Waals surface area contributed by atoms with E-state index in [0.29, 0.717) is 0 Å². The van der Waals surface area contributed by atoms with Gasteiger partial charge in [0.1, 0.15) is 0 Å². The Bertz CT molecular complexity index is 608. The molecule has 18 heavy (non-hydrogen) atoms. The molecule has 0 N–H and O–H groups in total. The molecule has 0 aliphatic rings. The highest BCUT2D eigenvalue weighted by molar-refractivity contribution is 9.11. The third kappa shape index (κ3) is 2.50. The molecule has 1 heterocycles. The van der Waals surface area contributed by atoms with Gasteiger partial charge in [-0.1, -0.05) is 19.9 Å². The van der Waals surface area contributed by atoms with Crippen LogP contribution >= 0.6 is 55.4 Å². The van der Waals surface area contributed by atoms with E-state index >= 15 is 0 Å². The van der Waals surface area contributed by atoms with Crippen LogP contribution in [0.5, 0.6) is 0 Å². The number of benzene rings is 1. The highest BCUT2D eigenvalue weighted by Crippen LogP contribution is 2.34. The molecule has 5 heteroatoms. The predicted octanol–water partition coefficient (Wildman–Crippen LogP) is 5.92. The van der Waals surface area contributed by atoms with E-state index in [1.165, 1.54) is 10.6 Å². The summed E-state index contributed by atoms with van der Waals surface area (Å²) in [6.07, 6.45) is 2.02. The fraction of sp³-hybridized carbons (Fsp3) is 0.308. The summed E-state index contributed by atoms with van der Waals surface area (Å²) < 4.78 is 5.22. The Labute approximate surface area is 133 Å². The molecule has 0 unspecified atom stereocenters. The summed E-state index contributed by atoms with van der Waals surface area (Å²) in [5.41, 5.74) is 2.43. The van der Waals surface area contributed by atoms with Crippen molar-refractivity contribution in [2.75, 3.05) is 0 Å². The van der Waals surface area contributed by atoms with E-state index in [0.717, 1.165) is 31.4 Å². The molecule has 0 radical (unpaired) electrons. The van der Waals surface area contributed by atoms with E-state index in [-0.39, 0.29) is 0 Å². The molecule has 2 rings (SSSR count). The fourth-order valence-corrected chi connectivity index (χ4v) is 4.86. The highest BCUT2D eigenvalue weighted by atomic mass is 79.9. The minimum Gasteiger partial charge on any atom is -0.293 e. The van der Waals surface area contributed by atoms with Crippen molar-refractivity contribution >= 4 is 55.4 Å². The number of rotatable bonds is 3. The van der Waals surface area contributed by atoms with Crippen LogP contribution in [-0.4, -0.2) is 4.57 Å². The molecule has 0 spiro atoms. The van der Waals surface area contributed by atoms with Crippen LogP contribution in [0.25, 0.3) is 5.69 Å². The van der Waals surface area contributed by atoms with Gasteiger partial charge in [-0.2, -0.15) is 0 Å². The lowest BCUT2D eigenvalue weighted by Gasteiger charge is -2.12. The zero-order chi connectivity index (χ0) is 13.3. The molecule has 0 amide bonds. The normalized spacial score (nSPS) is 10.9. The van der Waals surface area contributed by atoms with Gasteiger partial charge in [-0.15, -0.1) is 11.3 Å². The molecule has 1 aromatic carbocycles. The van der Waals surface area contributed by atoms with Crippen molar-refractivity contribution in [1.82, 2.24) is 4.57 Å². The molecule has 0 fully saturated rings. The Morgan fingerprint density at radius 3 is 2.28 bits per heavy atom. The van der Waals surface area contributed by atoms with Gasteiger partial charge >= 0.3 is 0 Å². The minimum atomic E-state index is 0.913. The van der Waals surface area contributed by atoms with Gasteiger partial charge in [0.05, 0.1) is 5.69 Å². The zero-order valence-corrected chi connectivity index (χ0v) is 15.0. The van der Waals surface area contributed by atoms with Crippen LogP contribution in [0.3, 0.4) is 0 Å². The number of halogens is 2. The molecule has 0 atom stereocenters. The highest BCUT2D eigenvalue weighted by Gasteiger charge is 2.15. The molecule has 0 aliphatic carbocycles. The molecule has 0 aliphatic heterocycles. The van der Waals surface area contributed by atoms with Crippen molar-refractivity contribution in [1.29, 1.82) is 0 Å². The number of thiazole rings is 1. The number of hydrogen-bond donors (Lipinski definition) is 0. The average Bonchev–Trinajstić information content (AvgIpc) is 2.66. The third-order valence-corrected chi connectivity index (χ3v) is 5.64. The van der Waals surface area contributed by atoms with E-state index in [9.17, 15) is 0 Å². The van der Waals surface area contributed by atoms with Crippen LogP contribution in [0.15, 0.2) is 27.1 Å². The van der Waals surface area contributed by atoms with Crippen LogP contribution in [-0.2, 0) is 12.8 Å². The van der Waals surface area contributed by atoms with Gasteiger partial charge in [0.2, 0.25) is 0 Å². The largest absolute Gasteiger partial charge is 0.293 e. The Balaban J connectivity index is 2.79. The Morgan fingerprint density at radius 1 is 1.17 bits per heavy atom. The first-order valence-corrected chi connectivity index (χ1v) is 8.59. The Kier molecular flexibility index (Phi) is 4.80. The smallest absolute Gasteiger partial charge is 0.166 e. The second kappa shape index (κ2) is 5.99. The summed E-state index contributed by atoms with van der Waals surface area (Å²) in [6.45, 7) is 4.36. The molecule has 0 bridgehead atoms. The lowest BCUT2D eigenvalue weighted by atomic mass is 10.2. The van der Waals surface area contributed by atoms with Crippen molar-refractivity contribution in [3.63, 3.8) is 0 Å². The summed E-state index contributed by atoms with van der Waals surface area (Å²) in [5, 5.41) is 0. The SMILES string of the molecule is CCc1sc(=S)n(-c2c(Br)cccc2Br)c1CC. The molecule has 96 valence electrons. The number of aromatic nitrogens is 1. The summed E-state index contributed by atoms with van der Waals surface area (Å²) in [6, 6.07) is 6.11. The van der Waals surface area contributed by atoms with Gasteiger partial charge < -0.3 is 0 Å². The van der Waals surface area contributed by atoms with E-state index in [4.69, 9.17) is 12.2 Å². The summed E-state index contributed by atoms with van der Waals surface area (Å²) >= 11 is 14.5. The van der Waals surface area contributed by atoms with Crippen LogP contribution in [0.1, 0.15) is 24.4 Å². The quantitative estimate of drug-likeness (QED) is 0.572. The lowest BCUT2D eigenvalue weighted by Crippen LogP contribution is -2.02. The van der Waals surface area contributed by atoms with Crippen LogP contribution in [0, 0.1) is 3.95 Å². The molecule has 1 aromatic heterocycles. The Morgan fingerprint density at radius 2 is 1.78 bits per heavy atom. The van der Waals surface area contributed by atoms with E-state index in [1.54, 1.807) is 11.3 Å². The number of aryl methyl sites for hydroxylation is 1. The number of nitrogens with zero attached hydrogens (tertiary/aromatic N) is 1. The zero-order valence-electron chi connectivity index (χ0n) is 10.2. The van der Waals surface area contributed by atoms with Gasteiger partial charge in [0.15, 0.2) is 3.95 Å². The first-order chi connectivity index (χ1) is 8.60. The average molecular weight is 407 g/mol. The first-order valence-electron chi connectivity index (χ1n) is 5.78.